The molecule has 0 radical (unpaired) electrons. The Labute approximate surface area is 234 Å². The van der Waals surface area contributed by atoms with Gasteiger partial charge in [0.1, 0.15) is 5.82 Å². The first-order chi connectivity index (χ1) is 19.3. The number of nitrogens with zero attached hydrogens (tertiary/aromatic N) is 2. The van der Waals surface area contributed by atoms with E-state index in [4.69, 9.17) is 4.74 Å². The molecule has 208 valence electrons. The molecule has 0 bridgehead atoms. The number of benzene rings is 3. The van der Waals surface area contributed by atoms with Gasteiger partial charge in [-0.15, -0.1) is 0 Å². The first kappa shape index (κ1) is 27.6. The van der Waals surface area contributed by atoms with E-state index in [9.17, 15) is 14.0 Å². The van der Waals surface area contributed by atoms with E-state index < -0.39 is 0 Å². The van der Waals surface area contributed by atoms with Crippen molar-refractivity contribution in [1.82, 2.24) is 15.1 Å². The van der Waals surface area contributed by atoms with Gasteiger partial charge in [-0.25, -0.2) is 4.39 Å². The van der Waals surface area contributed by atoms with Crippen molar-refractivity contribution in [1.29, 1.82) is 0 Å². The number of nitrogens with one attached hydrogen (secondary N) is 1. The van der Waals surface area contributed by atoms with E-state index in [1.165, 1.54) is 12.1 Å². The zero-order chi connectivity index (χ0) is 28.2. The highest BCUT2D eigenvalue weighted by atomic mass is 19.1. The Balaban J connectivity index is 1.23. The van der Waals surface area contributed by atoms with Gasteiger partial charge in [-0.05, 0) is 72.5 Å². The van der Waals surface area contributed by atoms with E-state index in [0.29, 0.717) is 49.3 Å². The summed E-state index contributed by atoms with van der Waals surface area (Å²) >= 11 is 0. The third kappa shape index (κ3) is 5.94. The number of fused-ring (bicyclic) bond motifs is 1. The maximum Gasteiger partial charge on any atom is 0.253 e. The monoisotopic (exact) mass is 541 g/mol. The third-order valence-corrected chi connectivity index (χ3v) is 7.95. The van der Waals surface area contributed by atoms with Crippen LogP contribution in [0.5, 0.6) is 0 Å². The van der Waals surface area contributed by atoms with Gasteiger partial charge in [-0.3, -0.25) is 9.59 Å². The number of methoxy groups -OCH3 is 1. The van der Waals surface area contributed by atoms with Crippen LogP contribution >= 0.6 is 0 Å². The number of hydrogen-bond acceptors (Lipinski definition) is 4. The highest BCUT2D eigenvalue weighted by Crippen LogP contribution is 2.24. The molecule has 2 aliphatic rings. The van der Waals surface area contributed by atoms with Crippen molar-refractivity contribution in [3.05, 3.63) is 93.6 Å². The largest absolute Gasteiger partial charge is 0.383 e. The summed E-state index contributed by atoms with van der Waals surface area (Å²) in [7, 11) is 1.62. The second-order valence-corrected chi connectivity index (χ2v) is 10.8. The Morgan fingerprint density at radius 1 is 1.00 bits per heavy atom. The van der Waals surface area contributed by atoms with Crippen molar-refractivity contribution in [3.8, 4) is 11.1 Å². The smallest absolute Gasteiger partial charge is 0.253 e. The van der Waals surface area contributed by atoms with Crippen molar-refractivity contribution >= 4 is 24.1 Å². The summed E-state index contributed by atoms with van der Waals surface area (Å²) in [5.74, 6) is 0.0591. The van der Waals surface area contributed by atoms with E-state index in [1.54, 1.807) is 19.2 Å². The van der Waals surface area contributed by atoms with Crippen LogP contribution in [-0.4, -0.2) is 67.6 Å². The molecular formula is C33H36FN3O3. The van der Waals surface area contributed by atoms with E-state index in [1.807, 2.05) is 48.2 Å². The van der Waals surface area contributed by atoms with Crippen LogP contribution in [0, 0.1) is 18.7 Å². The van der Waals surface area contributed by atoms with Crippen LogP contribution in [0.4, 0.5) is 4.39 Å². The maximum absolute atomic E-state index is 13.2. The van der Waals surface area contributed by atoms with Crippen LogP contribution in [0.3, 0.4) is 0 Å². The highest BCUT2D eigenvalue weighted by Gasteiger charge is 2.33. The second kappa shape index (κ2) is 12.0. The predicted molar refractivity (Wildman–Crippen MR) is 156 cm³/mol. The zero-order valence-electron chi connectivity index (χ0n) is 23.3. The quantitative estimate of drug-likeness (QED) is 0.443. The van der Waals surface area contributed by atoms with E-state index in [-0.39, 0.29) is 17.6 Å². The van der Waals surface area contributed by atoms with E-state index in [0.717, 1.165) is 40.1 Å². The molecule has 5 rings (SSSR count). The lowest BCUT2D eigenvalue weighted by molar-refractivity contribution is 0.0441. The number of carbonyl (C=O) groups excluding carboxylic acids is 2. The van der Waals surface area contributed by atoms with Gasteiger partial charge in [0.05, 0.1) is 6.61 Å². The Hall–Kier alpha value is -3.97. The first-order valence-corrected chi connectivity index (χ1v) is 13.8. The molecule has 0 saturated carbocycles. The molecule has 0 aliphatic carbocycles. The maximum atomic E-state index is 13.2. The number of likely N-dealkylation sites (tertiary alicyclic amines) is 1. The summed E-state index contributed by atoms with van der Waals surface area (Å²) in [6.07, 6.45) is 5.36. The van der Waals surface area contributed by atoms with Crippen LogP contribution in [-0.2, 0) is 4.74 Å². The summed E-state index contributed by atoms with van der Waals surface area (Å²) in [4.78, 5) is 30.1. The van der Waals surface area contributed by atoms with Gasteiger partial charge in [0, 0.05) is 67.8 Å². The summed E-state index contributed by atoms with van der Waals surface area (Å²) in [6.45, 7) is 7.46. The summed E-state index contributed by atoms with van der Waals surface area (Å²) in [5, 5.41) is 5.15. The lowest BCUT2D eigenvalue weighted by Gasteiger charge is -2.42. The minimum absolute atomic E-state index is 0.0356. The lowest BCUT2D eigenvalue weighted by atomic mass is 9.96. The Kier molecular flexibility index (Phi) is 8.31. The molecule has 0 aromatic heterocycles. The van der Waals surface area contributed by atoms with Crippen LogP contribution in [0.25, 0.3) is 23.4 Å². The molecule has 1 N–H and O–H groups in total. The molecule has 1 fully saturated rings. The fourth-order valence-electron chi connectivity index (χ4n) is 5.44. The molecule has 1 saturated heterocycles. The molecule has 40 heavy (non-hydrogen) atoms. The molecule has 1 unspecified atom stereocenters. The standard InChI is InChI=1S/C33H36FN3O3/c1-22-4-5-27-12-15-30(32(38)35-16-17-40-3)23(2)31(27)21-36(22)18-24-19-37(20-24)33(39)28-8-6-25(7-9-28)26-10-13-29(34)14-11-26/h5-15,21-22,24H,4,16-20H2,1-3H3,(H,35,38). The molecule has 2 heterocycles. The van der Waals surface area contributed by atoms with Gasteiger partial charge >= 0.3 is 0 Å². The van der Waals surface area contributed by atoms with Gasteiger partial charge in [0.2, 0.25) is 0 Å². The van der Waals surface area contributed by atoms with Crippen LogP contribution in [0.15, 0.2) is 60.7 Å². The molecule has 3 aromatic carbocycles. The van der Waals surface area contributed by atoms with Crippen LogP contribution in [0.1, 0.15) is 39.6 Å². The van der Waals surface area contributed by atoms with E-state index in [2.05, 4.69) is 29.4 Å². The van der Waals surface area contributed by atoms with Gasteiger partial charge in [-0.1, -0.05) is 36.4 Å². The lowest BCUT2D eigenvalue weighted by Crippen LogP contribution is -2.54. The van der Waals surface area contributed by atoms with Crippen molar-refractivity contribution < 1.29 is 18.7 Å². The van der Waals surface area contributed by atoms with Gasteiger partial charge < -0.3 is 19.9 Å². The Bertz CT molecular complexity index is 1500. The highest BCUT2D eigenvalue weighted by molar-refractivity contribution is 5.96. The minimum Gasteiger partial charge on any atom is -0.383 e. The molecule has 7 heteroatoms. The van der Waals surface area contributed by atoms with E-state index >= 15 is 0 Å². The molecule has 0 spiro atoms. The third-order valence-electron chi connectivity index (χ3n) is 7.95. The zero-order valence-corrected chi connectivity index (χ0v) is 23.3. The fraction of sp³-hybridized carbons (Fsp3) is 0.333. The first-order valence-electron chi connectivity index (χ1n) is 13.8. The van der Waals surface area contributed by atoms with Crippen molar-refractivity contribution in [2.45, 2.75) is 26.3 Å². The predicted octanol–water partition coefficient (Wildman–Crippen LogP) is 3.56. The molecular weight excluding hydrogens is 505 g/mol. The van der Waals surface area contributed by atoms with Gasteiger partial charge in [0.15, 0.2) is 0 Å². The second-order valence-electron chi connectivity index (χ2n) is 10.8. The number of ether oxygens (including phenoxy) is 1. The average molecular weight is 542 g/mol. The molecule has 1 atom stereocenters. The molecule has 2 amide bonds. The number of rotatable bonds is 8. The normalized spacial score (nSPS) is 16.8. The van der Waals surface area contributed by atoms with Crippen LogP contribution < -0.4 is 15.8 Å². The molecule has 2 aliphatic heterocycles. The topological polar surface area (TPSA) is 61.9 Å². The average Bonchev–Trinajstić information content (AvgIpc) is 3.10. The van der Waals surface area contributed by atoms with Gasteiger partial charge in [-0.2, -0.15) is 0 Å². The van der Waals surface area contributed by atoms with Crippen LogP contribution in [0.2, 0.25) is 0 Å². The summed E-state index contributed by atoms with van der Waals surface area (Å²) < 4.78 is 18.3. The fourth-order valence-corrected chi connectivity index (χ4v) is 5.44. The number of halogens is 1. The van der Waals surface area contributed by atoms with Crippen molar-refractivity contribution in [3.63, 3.8) is 0 Å². The van der Waals surface area contributed by atoms with Gasteiger partial charge in [0.25, 0.3) is 11.8 Å². The molecule has 3 aromatic rings. The Morgan fingerprint density at radius 3 is 2.35 bits per heavy atom. The number of hydrogen-bond donors (Lipinski definition) is 1. The number of carbonyl (C=O) groups is 2. The van der Waals surface area contributed by atoms with Crippen molar-refractivity contribution in [2.24, 2.45) is 5.92 Å². The summed E-state index contributed by atoms with van der Waals surface area (Å²) in [6, 6.07) is 18.1. The van der Waals surface area contributed by atoms with Crippen molar-refractivity contribution in [2.75, 3.05) is 39.9 Å². The number of amides is 2. The summed E-state index contributed by atoms with van der Waals surface area (Å²) in [5.41, 5.74) is 4.18. The SMILES string of the molecule is COCCNC(=O)c1ccc2c(c1C)=CN(CC1CN(C(=O)c3ccc(-c4ccc(F)cc4)cc3)C1)C(C)CC=2. The molecule has 6 nitrogen and oxygen atoms in total. The Morgan fingerprint density at radius 2 is 1.68 bits per heavy atom. The minimum atomic E-state index is -0.265.